The van der Waals surface area contributed by atoms with E-state index in [1.807, 2.05) is 12.1 Å². The van der Waals surface area contributed by atoms with Crippen LogP contribution in [0.15, 0.2) is 36.4 Å². The molecule has 0 aliphatic carbocycles. The smallest absolute Gasteiger partial charge is 0.338 e. The second-order valence-electron chi connectivity index (χ2n) is 5.17. The van der Waals surface area contributed by atoms with Crippen LogP contribution in [0, 0.1) is 0 Å². The lowest BCUT2D eigenvalue weighted by atomic mass is 10.1. The summed E-state index contributed by atoms with van der Waals surface area (Å²) < 4.78 is 10.8. The number of rotatable bonds is 7. The van der Waals surface area contributed by atoms with Crippen molar-refractivity contribution in [1.29, 1.82) is 0 Å². The van der Waals surface area contributed by atoms with E-state index in [4.69, 9.17) is 21.1 Å². The first-order chi connectivity index (χ1) is 11.5. The zero-order chi connectivity index (χ0) is 17.5. The topological polar surface area (TPSA) is 55.8 Å². The molecule has 1 aromatic heterocycles. The number of amides is 1. The molecule has 0 saturated heterocycles. The highest BCUT2D eigenvalue weighted by Crippen LogP contribution is 2.22. The standard InChI is InChI=1S/C17H18ClNO4S/c1-19(9-14-6-7-15(18)24-14)16(20)11-23-17(21)13-5-3-4-12(8-13)10-22-2/h3-8H,9-11H2,1-2H3. The first kappa shape index (κ1) is 18.4. The third kappa shape index (κ3) is 5.33. The van der Waals surface area contributed by atoms with Gasteiger partial charge in [0.25, 0.3) is 5.91 Å². The van der Waals surface area contributed by atoms with Gasteiger partial charge < -0.3 is 14.4 Å². The zero-order valence-electron chi connectivity index (χ0n) is 13.5. The summed E-state index contributed by atoms with van der Waals surface area (Å²) in [4.78, 5) is 26.6. The lowest BCUT2D eigenvalue weighted by Gasteiger charge is -2.16. The number of thiophene rings is 1. The Morgan fingerprint density at radius 2 is 2.04 bits per heavy atom. The number of benzene rings is 1. The Labute approximate surface area is 149 Å². The number of carbonyl (C=O) groups is 2. The van der Waals surface area contributed by atoms with E-state index in [-0.39, 0.29) is 12.5 Å². The van der Waals surface area contributed by atoms with Crippen molar-refractivity contribution < 1.29 is 19.1 Å². The maximum atomic E-state index is 12.1. The summed E-state index contributed by atoms with van der Waals surface area (Å²) in [6.07, 6.45) is 0. The number of halogens is 1. The molecule has 0 saturated carbocycles. The third-order valence-corrected chi connectivity index (χ3v) is 4.46. The van der Waals surface area contributed by atoms with E-state index in [9.17, 15) is 9.59 Å². The normalized spacial score (nSPS) is 10.5. The van der Waals surface area contributed by atoms with Crippen LogP contribution < -0.4 is 0 Å². The third-order valence-electron chi connectivity index (χ3n) is 3.25. The fraction of sp³-hybridized carbons (Fsp3) is 0.294. The summed E-state index contributed by atoms with van der Waals surface area (Å²) in [5.41, 5.74) is 1.26. The van der Waals surface area contributed by atoms with Gasteiger partial charge in [0.05, 0.1) is 23.1 Å². The molecule has 1 amide bonds. The average Bonchev–Trinajstić information content (AvgIpc) is 2.97. The molecule has 0 atom stereocenters. The highest BCUT2D eigenvalue weighted by atomic mass is 35.5. The fourth-order valence-corrected chi connectivity index (χ4v) is 3.18. The largest absolute Gasteiger partial charge is 0.452 e. The van der Waals surface area contributed by atoms with E-state index in [1.54, 1.807) is 38.4 Å². The molecule has 5 nitrogen and oxygen atoms in total. The predicted octanol–water partition coefficient (Wildman–Crippen LogP) is 3.36. The molecule has 0 spiro atoms. The van der Waals surface area contributed by atoms with Gasteiger partial charge in [0.15, 0.2) is 6.61 Å². The van der Waals surface area contributed by atoms with Crippen molar-refractivity contribution >= 4 is 34.8 Å². The Balaban J connectivity index is 1.86. The van der Waals surface area contributed by atoms with E-state index >= 15 is 0 Å². The van der Waals surface area contributed by atoms with Crippen LogP contribution in [0.5, 0.6) is 0 Å². The first-order valence-corrected chi connectivity index (χ1v) is 8.42. The number of likely N-dealkylation sites (N-methyl/N-ethyl adjacent to an activating group) is 1. The average molecular weight is 368 g/mol. The Morgan fingerprint density at radius 1 is 1.25 bits per heavy atom. The quantitative estimate of drug-likeness (QED) is 0.704. The summed E-state index contributed by atoms with van der Waals surface area (Å²) in [6.45, 7) is 0.534. The molecule has 0 radical (unpaired) electrons. The van der Waals surface area contributed by atoms with Gasteiger partial charge in [-0.15, -0.1) is 11.3 Å². The number of hydrogen-bond acceptors (Lipinski definition) is 5. The summed E-state index contributed by atoms with van der Waals surface area (Å²) in [6, 6.07) is 10.6. The van der Waals surface area contributed by atoms with Gasteiger partial charge in [-0.25, -0.2) is 4.79 Å². The summed E-state index contributed by atoms with van der Waals surface area (Å²) in [7, 11) is 3.24. The van der Waals surface area contributed by atoms with Crippen molar-refractivity contribution in [1.82, 2.24) is 4.90 Å². The molecule has 1 heterocycles. The number of carbonyl (C=O) groups excluding carboxylic acids is 2. The Bertz CT molecular complexity index is 716. The molecular formula is C17H18ClNO4S. The van der Waals surface area contributed by atoms with Gasteiger partial charge in [-0.05, 0) is 29.8 Å². The van der Waals surface area contributed by atoms with Gasteiger partial charge in [-0.1, -0.05) is 23.7 Å². The van der Waals surface area contributed by atoms with Gasteiger partial charge in [0, 0.05) is 19.0 Å². The van der Waals surface area contributed by atoms with Crippen molar-refractivity contribution in [3.8, 4) is 0 Å². The van der Waals surface area contributed by atoms with Crippen LogP contribution in [0.3, 0.4) is 0 Å². The Morgan fingerprint density at radius 3 is 2.71 bits per heavy atom. The fourth-order valence-electron chi connectivity index (χ4n) is 2.03. The molecule has 0 aliphatic heterocycles. The van der Waals surface area contributed by atoms with Crippen LogP contribution >= 0.6 is 22.9 Å². The van der Waals surface area contributed by atoms with Gasteiger partial charge >= 0.3 is 5.97 Å². The van der Waals surface area contributed by atoms with Crippen molar-refractivity contribution in [3.63, 3.8) is 0 Å². The van der Waals surface area contributed by atoms with Crippen molar-refractivity contribution in [3.05, 3.63) is 56.7 Å². The number of esters is 1. The summed E-state index contributed by atoms with van der Waals surface area (Å²) >= 11 is 7.28. The molecular weight excluding hydrogens is 350 g/mol. The maximum absolute atomic E-state index is 12.1. The molecule has 2 rings (SSSR count). The molecule has 0 N–H and O–H groups in total. The molecule has 0 bridgehead atoms. The SMILES string of the molecule is COCc1cccc(C(=O)OCC(=O)N(C)Cc2ccc(Cl)s2)c1. The molecule has 0 fully saturated rings. The summed E-state index contributed by atoms with van der Waals surface area (Å²) in [5.74, 6) is -0.810. The summed E-state index contributed by atoms with van der Waals surface area (Å²) in [5, 5.41) is 0. The molecule has 1 aromatic carbocycles. The van der Waals surface area contributed by atoms with E-state index < -0.39 is 5.97 Å². The number of ether oxygens (including phenoxy) is 2. The second kappa shape index (κ2) is 8.82. The maximum Gasteiger partial charge on any atom is 0.338 e. The van der Waals surface area contributed by atoms with Crippen LogP contribution in [0.4, 0.5) is 0 Å². The molecule has 7 heteroatoms. The van der Waals surface area contributed by atoms with Crippen molar-refractivity contribution in [2.24, 2.45) is 0 Å². The molecule has 0 aliphatic rings. The van der Waals surface area contributed by atoms with Crippen LogP contribution in [0.1, 0.15) is 20.8 Å². The lowest BCUT2D eigenvalue weighted by Crippen LogP contribution is -2.30. The minimum atomic E-state index is -0.533. The highest BCUT2D eigenvalue weighted by Gasteiger charge is 2.14. The molecule has 0 unspecified atom stereocenters. The van der Waals surface area contributed by atoms with Crippen molar-refractivity contribution in [2.75, 3.05) is 20.8 Å². The number of methoxy groups -OCH3 is 1. The van der Waals surface area contributed by atoms with E-state index in [0.29, 0.717) is 23.1 Å². The minimum Gasteiger partial charge on any atom is -0.452 e. The second-order valence-corrected chi connectivity index (χ2v) is 6.96. The first-order valence-electron chi connectivity index (χ1n) is 7.22. The lowest BCUT2D eigenvalue weighted by molar-refractivity contribution is -0.133. The monoisotopic (exact) mass is 367 g/mol. The Kier molecular flexibility index (Phi) is 6.78. The van der Waals surface area contributed by atoms with Crippen LogP contribution in [0.25, 0.3) is 0 Å². The number of hydrogen-bond donors (Lipinski definition) is 0. The predicted molar refractivity (Wildman–Crippen MR) is 93.2 cm³/mol. The zero-order valence-corrected chi connectivity index (χ0v) is 15.0. The van der Waals surface area contributed by atoms with Crippen molar-refractivity contribution in [2.45, 2.75) is 13.2 Å². The van der Waals surface area contributed by atoms with Gasteiger partial charge in [-0.2, -0.15) is 0 Å². The van der Waals surface area contributed by atoms with Gasteiger partial charge in [0.1, 0.15) is 0 Å². The van der Waals surface area contributed by atoms with Crippen LogP contribution in [0.2, 0.25) is 4.34 Å². The van der Waals surface area contributed by atoms with Crippen LogP contribution in [-0.2, 0) is 27.4 Å². The van der Waals surface area contributed by atoms with Gasteiger partial charge in [-0.3, -0.25) is 4.79 Å². The molecule has 128 valence electrons. The molecule has 2 aromatic rings. The van der Waals surface area contributed by atoms with E-state index in [1.165, 1.54) is 16.2 Å². The van der Waals surface area contributed by atoms with E-state index in [2.05, 4.69) is 0 Å². The van der Waals surface area contributed by atoms with Crippen LogP contribution in [-0.4, -0.2) is 37.5 Å². The Hall–Kier alpha value is -1.89. The number of nitrogens with zero attached hydrogens (tertiary/aromatic N) is 1. The highest BCUT2D eigenvalue weighted by molar-refractivity contribution is 7.16. The minimum absolute atomic E-state index is 0.277. The molecule has 24 heavy (non-hydrogen) atoms. The van der Waals surface area contributed by atoms with Gasteiger partial charge in [0.2, 0.25) is 0 Å². The van der Waals surface area contributed by atoms with E-state index in [0.717, 1.165) is 10.4 Å².